The molecule has 156 valence electrons. The molecule has 1 heterocycles. The molecule has 29 heavy (non-hydrogen) atoms. The molecule has 1 aliphatic rings. The highest BCUT2D eigenvalue weighted by atomic mass is 79.9. The minimum Gasteiger partial charge on any atom is -0.493 e. The molecule has 0 aromatic heterocycles. The number of para-hydroxylation sites is 1. The lowest BCUT2D eigenvalue weighted by Gasteiger charge is -2.15. The fraction of sp³-hybridized carbons (Fsp3) is 0.381. The highest BCUT2D eigenvalue weighted by molar-refractivity contribution is 9.10. The van der Waals surface area contributed by atoms with E-state index >= 15 is 0 Å². The van der Waals surface area contributed by atoms with Crippen molar-refractivity contribution in [1.29, 1.82) is 0 Å². The summed E-state index contributed by atoms with van der Waals surface area (Å²) in [5.74, 6) is 4.28. The maximum Gasteiger partial charge on any atom is 0.257 e. The smallest absolute Gasteiger partial charge is 0.257 e. The van der Waals surface area contributed by atoms with E-state index in [0.717, 1.165) is 32.9 Å². The van der Waals surface area contributed by atoms with E-state index in [-0.39, 0.29) is 12.5 Å². The van der Waals surface area contributed by atoms with Crippen molar-refractivity contribution in [2.45, 2.75) is 11.0 Å². The molecular weight excluding hydrogens is 474 g/mol. The third kappa shape index (κ3) is 5.99. The van der Waals surface area contributed by atoms with Crippen LogP contribution in [-0.4, -0.2) is 44.8 Å². The molecule has 1 saturated heterocycles. The maximum absolute atomic E-state index is 12.2. The lowest BCUT2D eigenvalue weighted by Crippen LogP contribution is -2.30. The quantitative estimate of drug-likeness (QED) is 0.542. The summed E-state index contributed by atoms with van der Waals surface area (Å²) in [6.07, 6.45) is 0.665. The van der Waals surface area contributed by atoms with Crippen molar-refractivity contribution >= 4 is 45.4 Å². The lowest BCUT2D eigenvalue weighted by atomic mass is 10.1. The summed E-state index contributed by atoms with van der Waals surface area (Å²) < 4.78 is 17.8. The van der Waals surface area contributed by atoms with Crippen LogP contribution in [0.1, 0.15) is 15.7 Å². The topological polar surface area (TPSA) is 56.8 Å². The van der Waals surface area contributed by atoms with E-state index in [9.17, 15) is 4.79 Å². The van der Waals surface area contributed by atoms with Crippen molar-refractivity contribution in [3.8, 4) is 17.2 Å². The van der Waals surface area contributed by atoms with Crippen LogP contribution in [0.3, 0.4) is 0 Å². The molecule has 0 atom stereocenters. The second-order valence-electron chi connectivity index (χ2n) is 6.30. The largest absolute Gasteiger partial charge is 0.493 e. The zero-order valence-corrected chi connectivity index (χ0v) is 19.6. The Balaban J connectivity index is 1.50. The third-order valence-electron chi connectivity index (χ3n) is 4.42. The van der Waals surface area contributed by atoms with Gasteiger partial charge >= 0.3 is 0 Å². The summed E-state index contributed by atoms with van der Waals surface area (Å²) in [6, 6.07) is 11.8. The first-order valence-electron chi connectivity index (χ1n) is 9.24. The molecule has 2 aromatic carbocycles. The molecule has 3 rings (SSSR count). The Bertz CT molecular complexity index is 843. The van der Waals surface area contributed by atoms with Gasteiger partial charge in [0.2, 0.25) is 0 Å². The van der Waals surface area contributed by atoms with E-state index in [0.29, 0.717) is 29.0 Å². The lowest BCUT2D eigenvalue weighted by molar-refractivity contribution is -0.123. The average molecular weight is 498 g/mol. The number of carbonyl (C=O) groups excluding carboxylic acids is 1. The number of hydrogen-bond donors (Lipinski definition) is 1. The number of halogens is 1. The molecule has 1 aliphatic heterocycles. The van der Waals surface area contributed by atoms with Gasteiger partial charge in [-0.2, -0.15) is 0 Å². The fourth-order valence-electron chi connectivity index (χ4n) is 2.96. The fourth-order valence-corrected chi connectivity index (χ4v) is 6.39. The van der Waals surface area contributed by atoms with Crippen LogP contribution in [-0.2, 0) is 11.2 Å². The van der Waals surface area contributed by atoms with Crippen molar-refractivity contribution < 1.29 is 19.0 Å². The molecule has 0 bridgehead atoms. The highest BCUT2D eigenvalue weighted by Gasteiger charge is 2.21. The molecule has 0 aliphatic carbocycles. The van der Waals surface area contributed by atoms with Crippen molar-refractivity contribution in [2.75, 3.05) is 38.9 Å². The van der Waals surface area contributed by atoms with Crippen molar-refractivity contribution in [3.63, 3.8) is 0 Å². The molecule has 1 fully saturated rings. The normalized spacial score (nSPS) is 13.9. The summed E-state index contributed by atoms with van der Waals surface area (Å²) in [5, 5.41) is 2.92. The number of ether oxygens (including phenoxy) is 3. The van der Waals surface area contributed by atoms with Gasteiger partial charge in [-0.15, -0.1) is 23.5 Å². The average Bonchev–Trinajstić information content (AvgIpc) is 3.28. The summed E-state index contributed by atoms with van der Waals surface area (Å²) in [5.41, 5.74) is 2.19. The number of carbonyl (C=O) groups is 1. The van der Waals surface area contributed by atoms with Gasteiger partial charge in [0, 0.05) is 28.1 Å². The number of rotatable bonds is 9. The Kier molecular flexibility index (Phi) is 8.44. The second kappa shape index (κ2) is 11.0. The predicted octanol–water partition coefficient (Wildman–Crippen LogP) is 4.68. The Labute approximate surface area is 188 Å². The Morgan fingerprint density at radius 3 is 2.52 bits per heavy atom. The molecular formula is C21H24BrNO4S2. The number of benzene rings is 2. The van der Waals surface area contributed by atoms with E-state index < -0.39 is 0 Å². The van der Waals surface area contributed by atoms with Gasteiger partial charge in [0.25, 0.3) is 5.91 Å². The molecule has 1 amide bonds. The Morgan fingerprint density at radius 2 is 1.79 bits per heavy atom. The molecule has 8 heteroatoms. The van der Waals surface area contributed by atoms with Crippen molar-refractivity contribution in [2.24, 2.45) is 0 Å². The van der Waals surface area contributed by atoms with E-state index in [2.05, 4.69) is 27.3 Å². The van der Waals surface area contributed by atoms with Gasteiger partial charge in [0.05, 0.1) is 18.8 Å². The van der Waals surface area contributed by atoms with Crippen molar-refractivity contribution in [3.05, 3.63) is 52.0 Å². The van der Waals surface area contributed by atoms with E-state index in [1.165, 1.54) is 0 Å². The highest BCUT2D eigenvalue weighted by Crippen LogP contribution is 2.48. The van der Waals surface area contributed by atoms with Gasteiger partial charge in [-0.1, -0.05) is 34.1 Å². The minimum absolute atomic E-state index is 0.00612. The molecule has 1 N–H and O–H groups in total. The third-order valence-corrected chi connectivity index (χ3v) is 8.23. The van der Waals surface area contributed by atoms with Gasteiger partial charge in [-0.05, 0) is 30.2 Å². The SMILES string of the molecule is COc1cc(Br)c(CCNC(=O)COc2ccccc2C2SCCS2)cc1OC. The standard InChI is InChI=1S/C21H24BrNO4S2/c1-25-18-11-14(16(22)12-19(18)26-2)7-8-23-20(24)13-27-17-6-4-3-5-15(17)21-28-9-10-29-21/h3-6,11-12,21H,7-10,13H2,1-2H3,(H,23,24). The van der Waals surface area contributed by atoms with E-state index in [4.69, 9.17) is 14.2 Å². The van der Waals surface area contributed by atoms with Gasteiger partial charge in [-0.3, -0.25) is 4.79 Å². The van der Waals surface area contributed by atoms with Crippen LogP contribution in [0.2, 0.25) is 0 Å². The van der Waals surface area contributed by atoms with E-state index in [1.807, 2.05) is 53.9 Å². The number of amides is 1. The van der Waals surface area contributed by atoms with Gasteiger partial charge < -0.3 is 19.5 Å². The number of hydrogen-bond acceptors (Lipinski definition) is 6. The second-order valence-corrected chi connectivity index (χ2v) is 9.88. The van der Waals surface area contributed by atoms with Crippen LogP contribution in [0.25, 0.3) is 0 Å². The minimum atomic E-state index is -0.136. The molecule has 0 saturated carbocycles. The monoisotopic (exact) mass is 497 g/mol. The van der Waals surface area contributed by atoms with E-state index in [1.54, 1.807) is 14.2 Å². The predicted molar refractivity (Wildman–Crippen MR) is 124 cm³/mol. The molecule has 0 spiro atoms. The van der Waals surface area contributed by atoms with Gasteiger partial charge in [0.1, 0.15) is 5.75 Å². The van der Waals surface area contributed by atoms with Crippen LogP contribution in [0, 0.1) is 0 Å². The molecule has 0 radical (unpaired) electrons. The first-order chi connectivity index (χ1) is 14.1. The number of methoxy groups -OCH3 is 2. The molecule has 0 unspecified atom stereocenters. The van der Waals surface area contributed by atoms with Gasteiger partial charge in [0.15, 0.2) is 18.1 Å². The summed E-state index contributed by atoms with van der Waals surface area (Å²) in [7, 11) is 3.21. The zero-order chi connectivity index (χ0) is 20.6. The summed E-state index contributed by atoms with van der Waals surface area (Å²) in [6.45, 7) is 0.512. The van der Waals surface area contributed by atoms with Gasteiger partial charge in [-0.25, -0.2) is 0 Å². The summed E-state index contributed by atoms with van der Waals surface area (Å²) >= 11 is 7.39. The van der Waals surface area contributed by atoms with Crippen LogP contribution in [0.5, 0.6) is 17.2 Å². The first kappa shape index (κ1) is 22.2. The molecule has 2 aromatic rings. The Morgan fingerprint density at radius 1 is 1.10 bits per heavy atom. The van der Waals surface area contributed by atoms with Crippen LogP contribution >= 0.6 is 39.5 Å². The van der Waals surface area contributed by atoms with Crippen LogP contribution < -0.4 is 19.5 Å². The Hall–Kier alpha value is -1.51. The van der Waals surface area contributed by atoms with Crippen LogP contribution in [0.4, 0.5) is 0 Å². The maximum atomic E-state index is 12.2. The van der Waals surface area contributed by atoms with Crippen LogP contribution in [0.15, 0.2) is 40.9 Å². The number of nitrogens with one attached hydrogen (secondary N) is 1. The zero-order valence-electron chi connectivity index (χ0n) is 16.4. The molecule has 5 nitrogen and oxygen atoms in total. The van der Waals surface area contributed by atoms with Crippen molar-refractivity contribution in [1.82, 2.24) is 5.32 Å². The summed E-state index contributed by atoms with van der Waals surface area (Å²) in [4.78, 5) is 12.2. The first-order valence-corrected chi connectivity index (χ1v) is 12.1. The number of thioether (sulfide) groups is 2.